The second-order valence-electron chi connectivity index (χ2n) is 7.82. The molecular weight excluding hydrogens is 328 g/mol. The summed E-state index contributed by atoms with van der Waals surface area (Å²) >= 11 is 0. The molecular formula is C21H28N2O3. The van der Waals surface area contributed by atoms with Gasteiger partial charge in [-0.25, -0.2) is 0 Å². The van der Waals surface area contributed by atoms with E-state index in [1.807, 2.05) is 24.3 Å². The molecule has 3 atom stereocenters. The van der Waals surface area contributed by atoms with E-state index in [1.54, 1.807) is 0 Å². The summed E-state index contributed by atoms with van der Waals surface area (Å²) in [7, 11) is 0. The molecule has 1 aliphatic carbocycles. The van der Waals surface area contributed by atoms with Crippen LogP contribution in [0.25, 0.3) is 0 Å². The zero-order valence-electron chi connectivity index (χ0n) is 15.3. The summed E-state index contributed by atoms with van der Waals surface area (Å²) < 4.78 is 5.43. The minimum atomic E-state index is -0.362. The van der Waals surface area contributed by atoms with E-state index in [4.69, 9.17) is 4.74 Å². The Bertz CT molecular complexity index is 667. The molecule has 2 heterocycles. The number of rotatable bonds is 3. The molecule has 5 heteroatoms. The van der Waals surface area contributed by atoms with Crippen molar-refractivity contribution in [3.8, 4) is 0 Å². The van der Waals surface area contributed by atoms with Crippen LogP contribution in [0, 0.1) is 5.92 Å². The monoisotopic (exact) mass is 356 g/mol. The number of anilines is 1. The molecule has 3 fully saturated rings. The van der Waals surface area contributed by atoms with Crippen molar-refractivity contribution in [1.29, 1.82) is 0 Å². The number of nitrogens with zero attached hydrogens (tertiary/aromatic N) is 1. The maximum atomic E-state index is 13.1. The highest BCUT2D eigenvalue weighted by molar-refractivity contribution is 5.98. The quantitative estimate of drug-likeness (QED) is 0.900. The third-order valence-corrected chi connectivity index (χ3v) is 6.10. The molecule has 26 heavy (non-hydrogen) atoms. The van der Waals surface area contributed by atoms with Gasteiger partial charge >= 0.3 is 0 Å². The Labute approximate surface area is 155 Å². The summed E-state index contributed by atoms with van der Waals surface area (Å²) in [6.45, 7) is 1.50. The van der Waals surface area contributed by atoms with E-state index < -0.39 is 0 Å². The summed E-state index contributed by atoms with van der Waals surface area (Å²) in [6.07, 6.45) is 8.59. The van der Waals surface area contributed by atoms with Gasteiger partial charge in [-0.1, -0.05) is 18.9 Å². The number of benzene rings is 1. The first kappa shape index (κ1) is 17.5. The standard InChI is InChI=1S/C21H28N2O3/c24-20(19-11-5-13-26-19)22-17-9-3-7-16(14-17)21(25)23-12-4-8-15-6-1-2-10-18(15)23/h3,7,9,14-15,18-19H,1-2,4-6,8,10-13H2,(H,22,24)/t15-,18+,19-/m1/s1. The van der Waals surface area contributed by atoms with Crippen LogP contribution in [0.3, 0.4) is 0 Å². The van der Waals surface area contributed by atoms with E-state index in [0.717, 1.165) is 32.2 Å². The molecule has 1 aromatic carbocycles. The van der Waals surface area contributed by atoms with Crippen LogP contribution in [0.4, 0.5) is 5.69 Å². The molecule has 1 aromatic rings. The number of hydrogen-bond donors (Lipinski definition) is 1. The molecule has 2 aliphatic heterocycles. The maximum absolute atomic E-state index is 13.1. The summed E-state index contributed by atoms with van der Waals surface area (Å²) in [5.41, 5.74) is 1.34. The van der Waals surface area contributed by atoms with Gasteiger partial charge in [-0.15, -0.1) is 0 Å². The Morgan fingerprint density at radius 2 is 1.88 bits per heavy atom. The predicted octanol–water partition coefficient (Wildman–Crippen LogP) is 3.60. The van der Waals surface area contributed by atoms with Crippen LogP contribution in [0.5, 0.6) is 0 Å². The van der Waals surface area contributed by atoms with Crippen molar-refractivity contribution in [2.75, 3.05) is 18.5 Å². The van der Waals surface area contributed by atoms with Crippen molar-refractivity contribution in [1.82, 2.24) is 4.90 Å². The summed E-state index contributed by atoms with van der Waals surface area (Å²) in [5.74, 6) is 0.663. The molecule has 3 aliphatic rings. The third-order valence-electron chi connectivity index (χ3n) is 6.10. The third kappa shape index (κ3) is 3.63. The van der Waals surface area contributed by atoms with Gasteiger partial charge in [0.1, 0.15) is 6.10 Å². The smallest absolute Gasteiger partial charge is 0.254 e. The lowest BCUT2D eigenvalue weighted by Gasteiger charge is -2.44. The molecule has 0 spiro atoms. The van der Waals surface area contributed by atoms with Crippen LogP contribution in [0.15, 0.2) is 24.3 Å². The Hall–Kier alpha value is -1.88. The molecule has 140 valence electrons. The number of likely N-dealkylation sites (tertiary alicyclic amines) is 1. The van der Waals surface area contributed by atoms with Crippen molar-refractivity contribution in [2.24, 2.45) is 5.92 Å². The highest BCUT2D eigenvalue weighted by atomic mass is 16.5. The summed E-state index contributed by atoms with van der Waals surface area (Å²) in [4.78, 5) is 27.5. The number of fused-ring (bicyclic) bond motifs is 1. The van der Waals surface area contributed by atoms with Crippen molar-refractivity contribution >= 4 is 17.5 Å². The molecule has 5 nitrogen and oxygen atoms in total. The fourth-order valence-corrected chi connectivity index (χ4v) is 4.78. The number of hydrogen-bond acceptors (Lipinski definition) is 3. The van der Waals surface area contributed by atoms with Crippen molar-refractivity contribution in [2.45, 2.75) is 63.5 Å². The number of carbonyl (C=O) groups excluding carboxylic acids is 2. The van der Waals surface area contributed by atoms with E-state index in [2.05, 4.69) is 10.2 Å². The topological polar surface area (TPSA) is 58.6 Å². The minimum Gasteiger partial charge on any atom is -0.368 e. The average molecular weight is 356 g/mol. The van der Waals surface area contributed by atoms with Crippen LogP contribution < -0.4 is 5.32 Å². The van der Waals surface area contributed by atoms with Gasteiger partial charge in [0.2, 0.25) is 0 Å². The maximum Gasteiger partial charge on any atom is 0.254 e. The molecule has 0 radical (unpaired) electrons. The van der Waals surface area contributed by atoms with Gasteiger partial charge < -0.3 is 15.0 Å². The Kier molecular flexibility index (Phi) is 5.25. The Balaban J connectivity index is 1.46. The largest absolute Gasteiger partial charge is 0.368 e. The SMILES string of the molecule is O=C(Nc1cccc(C(=O)N2CCC[C@H]3CCCC[C@@H]32)c1)[C@H]1CCCO1. The second kappa shape index (κ2) is 7.78. The summed E-state index contributed by atoms with van der Waals surface area (Å²) in [6, 6.07) is 7.75. The molecule has 0 unspecified atom stereocenters. The molecule has 0 aromatic heterocycles. The van der Waals surface area contributed by atoms with Gasteiger partial charge in [-0.3, -0.25) is 9.59 Å². The van der Waals surface area contributed by atoms with Gasteiger partial charge in [0, 0.05) is 30.4 Å². The van der Waals surface area contributed by atoms with Gasteiger partial charge in [0.25, 0.3) is 11.8 Å². The first-order valence-corrected chi connectivity index (χ1v) is 10.1. The van der Waals surface area contributed by atoms with E-state index in [-0.39, 0.29) is 17.9 Å². The molecule has 1 saturated carbocycles. The van der Waals surface area contributed by atoms with Crippen LogP contribution >= 0.6 is 0 Å². The van der Waals surface area contributed by atoms with E-state index >= 15 is 0 Å². The fourth-order valence-electron chi connectivity index (χ4n) is 4.78. The number of amides is 2. The molecule has 0 bridgehead atoms. The van der Waals surface area contributed by atoms with Gasteiger partial charge in [0.15, 0.2) is 0 Å². The predicted molar refractivity (Wildman–Crippen MR) is 100 cm³/mol. The van der Waals surface area contributed by atoms with Crippen LogP contribution in [0.2, 0.25) is 0 Å². The van der Waals surface area contributed by atoms with Crippen molar-refractivity contribution in [3.63, 3.8) is 0 Å². The molecule has 4 rings (SSSR count). The Morgan fingerprint density at radius 1 is 1.04 bits per heavy atom. The number of nitrogens with one attached hydrogen (secondary N) is 1. The molecule has 1 N–H and O–H groups in total. The van der Waals surface area contributed by atoms with Gasteiger partial charge in [0.05, 0.1) is 0 Å². The second-order valence-corrected chi connectivity index (χ2v) is 7.82. The first-order chi connectivity index (χ1) is 12.7. The van der Waals surface area contributed by atoms with Crippen LogP contribution in [0.1, 0.15) is 61.7 Å². The van der Waals surface area contributed by atoms with E-state index in [9.17, 15) is 9.59 Å². The van der Waals surface area contributed by atoms with Crippen LogP contribution in [-0.2, 0) is 9.53 Å². The first-order valence-electron chi connectivity index (χ1n) is 10.1. The van der Waals surface area contributed by atoms with E-state index in [0.29, 0.717) is 29.8 Å². The fraction of sp³-hybridized carbons (Fsp3) is 0.619. The average Bonchev–Trinajstić information content (AvgIpc) is 3.22. The lowest BCUT2D eigenvalue weighted by Crippen LogP contribution is -2.49. The van der Waals surface area contributed by atoms with E-state index in [1.165, 1.54) is 25.7 Å². The highest BCUT2D eigenvalue weighted by Crippen LogP contribution is 2.36. The van der Waals surface area contributed by atoms with Crippen LogP contribution in [-0.4, -0.2) is 42.0 Å². The highest BCUT2D eigenvalue weighted by Gasteiger charge is 2.36. The van der Waals surface area contributed by atoms with Gasteiger partial charge in [-0.05, 0) is 62.6 Å². The number of carbonyl (C=O) groups is 2. The van der Waals surface area contributed by atoms with Crippen molar-refractivity contribution in [3.05, 3.63) is 29.8 Å². The minimum absolute atomic E-state index is 0.106. The normalized spacial score (nSPS) is 28.5. The lowest BCUT2D eigenvalue weighted by atomic mass is 9.78. The molecule has 2 amide bonds. The zero-order chi connectivity index (χ0) is 17.9. The lowest BCUT2D eigenvalue weighted by molar-refractivity contribution is -0.124. The Morgan fingerprint density at radius 3 is 2.73 bits per heavy atom. The number of ether oxygens (including phenoxy) is 1. The zero-order valence-corrected chi connectivity index (χ0v) is 15.3. The summed E-state index contributed by atoms with van der Waals surface area (Å²) in [5, 5.41) is 2.90. The van der Waals surface area contributed by atoms with Gasteiger partial charge in [-0.2, -0.15) is 0 Å². The van der Waals surface area contributed by atoms with Crippen molar-refractivity contribution < 1.29 is 14.3 Å². The number of piperidine rings is 1. The molecule has 2 saturated heterocycles.